The van der Waals surface area contributed by atoms with E-state index in [0.717, 1.165) is 46.8 Å². The summed E-state index contributed by atoms with van der Waals surface area (Å²) in [6.07, 6.45) is 3.57. The minimum atomic E-state index is -0.0584. The normalized spacial score (nSPS) is 11.0. The molecule has 0 spiro atoms. The molecule has 0 aliphatic rings. The number of hydrogen-bond acceptors (Lipinski definition) is 7. The third-order valence-electron chi connectivity index (χ3n) is 4.55. The van der Waals surface area contributed by atoms with Crippen molar-refractivity contribution in [2.45, 2.75) is 32.6 Å². The minimum absolute atomic E-state index is 0.0584. The van der Waals surface area contributed by atoms with Gasteiger partial charge in [0, 0.05) is 18.5 Å². The average molecular weight is 439 g/mol. The van der Waals surface area contributed by atoms with Crippen LogP contribution in [-0.2, 0) is 6.42 Å². The molecule has 1 aromatic carbocycles. The SMILES string of the molecule is Cc1nc(-c2ccccc2)c(C(=O)NCCCCCc2nc(-c3cccs3)no2)s1. The molecule has 0 radical (unpaired) electrons. The lowest BCUT2D eigenvalue weighted by molar-refractivity contribution is 0.0957. The third kappa shape index (κ3) is 5.01. The molecule has 0 aliphatic heterocycles. The standard InChI is InChI=1S/C22H22N4O2S2/c1-15-24-19(16-9-4-2-5-10-16)20(30-15)22(27)23-13-7-3-6-12-18-25-21(26-28-18)17-11-8-14-29-17/h2,4-5,8-11,14H,3,6-7,12-13H2,1H3,(H,23,27). The van der Waals surface area contributed by atoms with Gasteiger partial charge in [-0.1, -0.05) is 48.0 Å². The van der Waals surface area contributed by atoms with Gasteiger partial charge < -0.3 is 9.84 Å². The first kappa shape index (κ1) is 20.4. The van der Waals surface area contributed by atoms with E-state index in [2.05, 4.69) is 20.4 Å². The molecule has 3 heterocycles. The van der Waals surface area contributed by atoms with Crippen LogP contribution in [0.25, 0.3) is 22.0 Å². The molecule has 4 rings (SSSR count). The van der Waals surface area contributed by atoms with Crippen LogP contribution in [0, 0.1) is 6.92 Å². The maximum atomic E-state index is 12.6. The van der Waals surface area contributed by atoms with Crippen molar-refractivity contribution in [3.63, 3.8) is 0 Å². The van der Waals surface area contributed by atoms with Gasteiger partial charge in [0.2, 0.25) is 11.7 Å². The molecular formula is C22H22N4O2S2. The van der Waals surface area contributed by atoms with Crippen LogP contribution in [-0.4, -0.2) is 27.6 Å². The van der Waals surface area contributed by atoms with Crippen molar-refractivity contribution in [3.8, 4) is 22.0 Å². The number of carbonyl (C=O) groups is 1. The van der Waals surface area contributed by atoms with Crippen LogP contribution in [0.3, 0.4) is 0 Å². The van der Waals surface area contributed by atoms with Crippen LogP contribution >= 0.6 is 22.7 Å². The van der Waals surface area contributed by atoms with Gasteiger partial charge in [-0.15, -0.1) is 22.7 Å². The quantitative estimate of drug-likeness (QED) is 0.355. The molecule has 30 heavy (non-hydrogen) atoms. The Labute approximate surface area is 183 Å². The number of thiophene rings is 1. The fourth-order valence-electron chi connectivity index (χ4n) is 3.10. The van der Waals surface area contributed by atoms with Gasteiger partial charge in [0.15, 0.2) is 0 Å². The Bertz CT molecular complexity index is 1090. The summed E-state index contributed by atoms with van der Waals surface area (Å²) in [4.78, 5) is 23.3. The monoisotopic (exact) mass is 438 g/mol. The molecule has 0 saturated carbocycles. The topological polar surface area (TPSA) is 80.9 Å². The predicted octanol–water partition coefficient (Wildman–Crippen LogP) is 5.37. The van der Waals surface area contributed by atoms with E-state index in [1.807, 2.05) is 54.8 Å². The van der Waals surface area contributed by atoms with Crippen molar-refractivity contribution in [3.05, 3.63) is 63.6 Å². The largest absolute Gasteiger partial charge is 0.351 e. The number of nitrogens with zero attached hydrogens (tertiary/aromatic N) is 3. The summed E-state index contributed by atoms with van der Waals surface area (Å²) in [5, 5.41) is 9.94. The van der Waals surface area contributed by atoms with Crippen molar-refractivity contribution >= 4 is 28.6 Å². The number of rotatable bonds is 9. The lowest BCUT2D eigenvalue weighted by Crippen LogP contribution is -2.24. The lowest BCUT2D eigenvalue weighted by atomic mass is 10.1. The minimum Gasteiger partial charge on any atom is -0.351 e. The number of hydrogen-bond donors (Lipinski definition) is 1. The zero-order valence-electron chi connectivity index (χ0n) is 16.6. The second kappa shape index (κ2) is 9.77. The van der Waals surface area contributed by atoms with Gasteiger partial charge in [0.05, 0.1) is 15.6 Å². The van der Waals surface area contributed by atoms with Gasteiger partial charge >= 0.3 is 0 Å². The smallest absolute Gasteiger partial charge is 0.263 e. The van der Waals surface area contributed by atoms with E-state index in [0.29, 0.717) is 23.1 Å². The number of amides is 1. The zero-order valence-corrected chi connectivity index (χ0v) is 18.3. The van der Waals surface area contributed by atoms with Crippen LogP contribution in [0.4, 0.5) is 0 Å². The highest BCUT2D eigenvalue weighted by Gasteiger charge is 2.17. The Balaban J connectivity index is 1.22. The summed E-state index contributed by atoms with van der Waals surface area (Å²) >= 11 is 3.03. The molecule has 1 amide bonds. The molecule has 8 heteroatoms. The van der Waals surface area contributed by atoms with E-state index in [1.165, 1.54) is 11.3 Å². The van der Waals surface area contributed by atoms with Crippen molar-refractivity contribution in [2.24, 2.45) is 0 Å². The second-order valence-corrected chi connectivity index (χ2v) is 8.98. The van der Waals surface area contributed by atoms with Gasteiger partial charge in [-0.3, -0.25) is 4.79 Å². The molecular weight excluding hydrogens is 416 g/mol. The van der Waals surface area contributed by atoms with Gasteiger partial charge in [0.1, 0.15) is 4.88 Å². The summed E-state index contributed by atoms with van der Waals surface area (Å²) in [6, 6.07) is 13.8. The summed E-state index contributed by atoms with van der Waals surface area (Å²) in [5.74, 6) is 1.26. The lowest BCUT2D eigenvalue weighted by Gasteiger charge is -2.05. The molecule has 3 aromatic heterocycles. The van der Waals surface area contributed by atoms with Crippen LogP contribution in [0.5, 0.6) is 0 Å². The Kier molecular flexibility index (Phi) is 6.66. The summed E-state index contributed by atoms with van der Waals surface area (Å²) in [7, 11) is 0. The van der Waals surface area contributed by atoms with Crippen molar-refractivity contribution in [2.75, 3.05) is 6.54 Å². The molecule has 0 unspecified atom stereocenters. The van der Waals surface area contributed by atoms with Gasteiger partial charge in [-0.2, -0.15) is 4.98 Å². The van der Waals surface area contributed by atoms with Crippen LogP contribution in [0.2, 0.25) is 0 Å². The molecule has 0 atom stereocenters. The molecule has 1 N–H and O–H groups in total. The highest BCUT2D eigenvalue weighted by molar-refractivity contribution is 7.14. The third-order valence-corrected chi connectivity index (χ3v) is 6.39. The predicted molar refractivity (Wildman–Crippen MR) is 120 cm³/mol. The summed E-state index contributed by atoms with van der Waals surface area (Å²) < 4.78 is 5.32. The van der Waals surface area contributed by atoms with Crippen LogP contribution < -0.4 is 5.32 Å². The van der Waals surface area contributed by atoms with E-state index >= 15 is 0 Å². The van der Waals surface area contributed by atoms with Crippen molar-refractivity contribution in [1.82, 2.24) is 20.4 Å². The summed E-state index contributed by atoms with van der Waals surface area (Å²) in [6.45, 7) is 2.56. The highest BCUT2D eigenvalue weighted by Crippen LogP contribution is 2.27. The molecule has 4 aromatic rings. The van der Waals surface area contributed by atoms with Crippen molar-refractivity contribution < 1.29 is 9.32 Å². The fourth-order valence-corrected chi connectivity index (χ4v) is 4.60. The van der Waals surface area contributed by atoms with E-state index in [-0.39, 0.29) is 5.91 Å². The number of carbonyl (C=O) groups excluding carboxylic acids is 1. The number of unbranched alkanes of at least 4 members (excludes halogenated alkanes) is 2. The Morgan fingerprint density at radius 2 is 1.93 bits per heavy atom. The zero-order chi connectivity index (χ0) is 20.8. The Morgan fingerprint density at radius 1 is 1.07 bits per heavy atom. The summed E-state index contributed by atoms with van der Waals surface area (Å²) in [5.41, 5.74) is 1.72. The van der Waals surface area contributed by atoms with Crippen LogP contribution in [0.1, 0.15) is 39.8 Å². The first-order valence-electron chi connectivity index (χ1n) is 9.88. The fraction of sp³-hybridized carbons (Fsp3) is 0.273. The number of benzene rings is 1. The number of aromatic nitrogens is 3. The van der Waals surface area contributed by atoms with Gasteiger partial charge in [-0.25, -0.2) is 4.98 Å². The molecule has 0 bridgehead atoms. The molecule has 0 fully saturated rings. The highest BCUT2D eigenvalue weighted by atomic mass is 32.1. The number of nitrogens with one attached hydrogen (secondary N) is 1. The Hall–Kier alpha value is -2.84. The van der Waals surface area contributed by atoms with E-state index in [4.69, 9.17) is 4.52 Å². The molecule has 154 valence electrons. The maximum Gasteiger partial charge on any atom is 0.263 e. The first-order valence-corrected chi connectivity index (χ1v) is 11.6. The number of thiazole rings is 1. The molecule has 0 saturated heterocycles. The van der Waals surface area contributed by atoms with Crippen LogP contribution in [0.15, 0.2) is 52.4 Å². The second-order valence-electron chi connectivity index (χ2n) is 6.83. The van der Waals surface area contributed by atoms with E-state index < -0.39 is 0 Å². The first-order chi connectivity index (χ1) is 14.7. The Morgan fingerprint density at radius 3 is 2.73 bits per heavy atom. The molecule has 6 nitrogen and oxygen atoms in total. The van der Waals surface area contributed by atoms with Gasteiger partial charge in [-0.05, 0) is 31.2 Å². The van der Waals surface area contributed by atoms with Crippen molar-refractivity contribution in [1.29, 1.82) is 0 Å². The van der Waals surface area contributed by atoms with E-state index in [9.17, 15) is 4.79 Å². The van der Waals surface area contributed by atoms with Gasteiger partial charge in [0.25, 0.3) is 5.91 Å². The van der Waals surface area contributed by atoms with E-state index in [1.54, 1.807) is 11.3 Å². The maximum absolute atomic E-state index is 12.6. The number of aryl methyl sites for hydroxylation is 2. The average Bonchev–Trinajstić information content (AvgIpc) is 3.51. The molecule has 0 aliphatic carbocycles.